The molecular formula is C13H14N2O3S. The predicted octanol–water partition coefficient (Wildman–Crippen LogP) is 1.74. The Hall–Kier alpha value is -1.50. The van der Waals surface area contributed by atoms with Crippen molar-refractivity contribution in [3.05, 3.63) is 29.3 Å². The van der Waals surface area contributed by atoms with Crippen LogP contribution in [-0.4, -0.2) is 48.9 Å². The van der Waals surface area contributed by atoms with Crippen LogP contribution in [0.3, 0.4) is 0 Å². The molecule has 0 aliphatic carbocycles. The number of benzene rings is 1. The Labute approximate surface area is 114 Å². The molecule has 1 aromatic carbocycles. The van der Waals surface area contributed by atoms with Crippen LogP contribution in [0.2, 0.25) is 0 Å². The van der Waals surface area contributed by atoms with Crippen molar-refractivity contribution in [1.82, 2.24) is 9.88 Å². The number of ether oxygens (including phenoxy) is 2. The normalized spacial score (nSPS) is 16.6. The van der Waals surface area contributed by atoms with Crippen LogP contribution < -0.4 is 0 Å². The summed E-state index contributed by atoms with van der Waals surface area (Å²) in [7, 11) is 0. The molecule has 3 rings (SSSR count). The van der Waals surface area contributed by atoms with Gasteiger partial charge in [0.25, 0.3) is 0 Å². The lowest BCUT2D eigenvalue weighted by molar-refractivity contribution is -0.0209. The molecule has 19 heavy (non-hydrogen) atoms. The van der Waals surface area contributed by atoms with Gasteiger partial charge in [-0.2, -0.15) is 0 Å². The van der Waals surface area contributed by atoms with Gasteiger partial charge in [-0.05, 0) is 12.1 Å². The van der Waals surface area contributed by atoms with Crippen LogP contribution in [-0.2, 0) is 9.47 Å². The van der Waals surface area contributed by atoms with Crippen molar-refractivity contribution in [2.45, 2.75) is 0 Å². The van der Waals surface area contributed by atoms with Crippen LogP contribution in [0.25, 0.3) is 10.2 Å². The zero-order valence-electron chi connectivity index (χ0n) is 10.4. The van der Waals surface area contributed by atoms with E-state index in [0.717, 1.165) is 23.3 Å². The van der Waals surface area contributed by atoms with Gasteiger partial charge in [-0.15, -0.1) is 11.3 Å². The zero-order valence-corrected chi connectivity index (χ0v) is 11.2. The number of esters is 1. The Morgan fingerprint density at radius 2 is 2.16 bits per heavy atom. The highest BCUT2D eigenvalue weighted by Crippen LogP contribution is 2.22. The monoisotopic (exact) mass is 278 g/mol. The summed E-state index contributed by atoms with van der Waals surface area (Å²) in [6.07, 6.45) is 0. The first-order valence-corrected chi connectivity index (χ1v) is 6.97. The molecule has 1 aliphatic heterocycles. The molecule has 100 valence electrons. The van der Waals surface area contributed by atoms with Crippen LogP contribution >= 0.6 is 11.3 Å². The summed E-state index contributed by atoms with van der Waals surface area (Å²) in [5, 5.41) is 0.412. The third-order valence-corrected chi connectivity index (χ3v) is 3.97. The first-order chi connectivity index (χ1) is 9.33. The molecule has 2 aromatic rings. The van der Waals surface area contributed by atoms with E-state index < -0.39 is 0 Å². The Bertz CT molecular complexity index is 545. The molecular weight excluding hydrogens is 264 g/mol. The molecule has 0 unspecified atom stereocenters. The molecule has 0 N–H and O–H groups in total. The van der Waals surface area contributed by atoms with E-state index in [1.165, 1.54) is 11.3 Å². The molecule has 2 heterocycles. The molecule has 1 saturated heterocycles. The molecule has 0 radical (unpaired) electrons. The number of morpholine rings is 1. The smallest absolute Gasteiger partial charge is 0.368 e. The summed E-state index contributed by atoms with van der Waals surface area (Å²) in [5.74, 6) is -0.354. The molecule has 1 aliphatic rings. The molecule has 0 saturated carbocycles. The van der Waals surface area contributed by atoms with E-state index in [4.69, 9.17) is 9.47 Å². The quantitative estimate of drug-likeness (QED) is 0.801. The second-order valence-corrected chi connectivity index (χ2v) is 5.31. The van der Waals surface area contributed by atoms with Gasteiger partial charge in [-0.25, -0.2) is 9.78 Å². The number of hydrogen-bond donors (Lipinski definition) is 0. The number of para-hydroxylation sites is 1. The maximum absolute atomic E-state index is 11.9. The maximum atomic E-state index is 11.9. The van der Waals surface area contributed by atoms with Crippen LogP contribution in [0, 0.1) is 0 Å². The highest BCUT2D eigenvalue weighted by molar-refractivity contribution is 7.20. The van der Waals surface area contributed by atoms with E-state index in [2.05, 4.69) is 9.88 Å². The SMILES string of the molecule is O=C(OCN1CCOCC1)c1nc2ccccc2s1. The first kappa shape index (κ1) is 12.5. The zero-order chi connectivity index (χ0) is 13.1. The van der Waals surface area contributed by atoms with Crippen molar-refractivity contribution in [3.63, 3.8) is 0 Å². The van der Waals surface area contributed by atoms with Crippen LogP contribution in [0.1, 0.15) is 9.80 Å². The van der Waals surface area contributed by atoms with Gasteiger partial charge in [0.15, 0.2) is 0 Å². The van der Waals surface area contributed by atoms with Crippen molar-refractivity contribution in [2.75, 3.05) is 33.0 Å². The number of rotatable bonds is 3. The second kappa shape index (κ2) is 5.64. The fourth-order valence-electron chi connectivity index (χ4n) is 1.90. The van der Waals surface area contributed by atoms with Crippen LogP contribution in [0.15, 0.2) is 24.3 Å². The van der Waals surface area contributed by atoms with E-state index in [9.17, 15) is 4.79 Å². The number of carbonyl (C=O) groups is 1. The van der Waals surface area contributed by atoms with E-state index >= 15 is 0 Å². The standard InChI is InChI=1S/C13H14N2O3S/c16-13(18-9-15-5-7-17-8-6-15)12-14-10-3-1-2-4-11(10)19-12/h1-4H,5-9H2. The van der Waals surface area contributed by atoms with Gasteiger partial charge in [0, 0.05) is 13.1 Å². The minimum Gasteiger partial charge on any atom is -0.444 e. The lowest BCUT2D eigenvalue weighted by atomic mass is 10.3. The number of carbonyl (C=O) groups excluding carboxylic acids is 1. The molecule has 1 aromatic heterocycles. The summed E-state index contributed by atoms with van der Waals surface area (Å²) in [5.41, 5.74) is 0.839. The summed E-state index contributed by atoms with van der Waals surface area (Å²) < 4.78 is 11.5. The average molecular weight is 278 g/mol. The highest BCUT2D eigenvalue weighted by atomic mass is 32.1. The molecule has 0 atom stereocenters. The molecule has 5 nitrogen and oxygen atoms in total. The third-order valence-electron chi connectivity index (χ3n) is 2.95. The van der Waals surface area contributed by atoms with Crippen molar-refractivity contribution in [1.29, 1.82) is 0 Å². The minimum absolute atomic E-state index is 0.304. The topological polar surface area (TPSA) is 51.7 Å². The second-order valence-electron chi connectivity index (χ2n) is 4.28. The maximum Gasteiger partial charge on any atom is 0.368 e. The number of aromatic nitrogens is 1. The summed E-state index contributed by atoms with van der Waals surface area (Å²) in [6, 6.07) is 7.69. The minimum atomic E-state index is -0.354. The van der Waals surface area contributed by atoms with Gasteiger partial charge in [0.1, 0.15) is 6.73 Å². The molecule has 1 fully saturated rings. The van der Waals surface area contributed by atoms with Gasteiger partial charge < -0.3 is 9.47 Å². The molecule has 0 bridgehead atoms. The van der Waals surface area contributed by atoms with Crippen LogP contribution in [0.5, 0.6) is 0 Å². The summed E-state index contributed by atoms with van der Waals surface area (Å²) in [4.78, 5) is 18.3. The van der Waals surface area contributed by atoms with Crippen molar-refractivity contribution in [2.24, 2.45) is 0 Å². The number of thiazole rings is 1. The highest BCUT2D eigenvalue weighted by Gasteiger charge is 2.16. The number of hydrogen-bond acceptors (Lipinski definition) is 6. The van der Waals surface area contributed by atoms with Gasteiger partial charge in [0.2, 0.25) is 5.01 Å². The predicted molar refractivity (Wildman–Crippen MR) is 72.3 cm³/mol. The summed E-state index contributed by atoms with van der Waals surface area (Å²) in [6.45, 7) is 3.29. The Balaban J connectivity index is 1.63. The van der Waals surface area contributed by atoms with E-state index in [1.807, 2.05) is 24.3 Å². The van der Waals surface area contributed by atoms with Gasteiger partial charge in [0.05, 0.1) is 23.4 Å². The number of nitrogens with zero attached hydrogens (tertiary/aromatic N) is 2. The Morgan fingerprint density at radius 3 is 2.95 bits per heavy atom. The van der Waals surface area contributed by atoms with E-state index in [0.29, 0.717) is 25.0 Å². The van der Waals surface area contributed by atoms with Crippen molar-refractivity contribution >= 4 is 27.5 Å². The van der Waals surface area contributed by atoms with Gasteiger partial charge in [-0.1, -0.05) is 12.1 Å². The Kier molecular flexibility index (Phi) is 3.72. The summed E-state index contributed by atoms with van der Waals surface area (Å²) >= 11 is 1.36. The fraction of sp³-hybridized carbons (Fsp3) is 0.385. The largest absolute Gasteiger partial charge is 0.444 e. The number of fused-ring (bicyclic) bond motifs is 1. The Morgan fingerprint density at radius 1 is 1.37 bits per heavy atom. The molecule has 0 spiro atoms. The van der Waals surface area contributed by atoms with E-state index in [1.54, 1.807) is 0 Å². The first-order valence-electron chi connectivity index (χ1n) is 6.16. The average Bonchev–Trinajstić information content (AvgIpc) is 2.90. The van der Waals surface area contributed by atoms with Crippen molar-refractivity contribution < 1.29 is 14.3 Å². The van der Waals surface area contributed by atoms with Crippen molar-refractivity contribution in [3.8, 4) is 0 Å². The lowest BCUT2D eigenvalue weighted by Gasteiger charge is -2.25. The van der Waals surface area contributed by atoms with Gasteiger partial charge in [-0.3, -0.25) is 4.90 Å². The lowest BCUT2D eigenvalue weighted by Crippen LogP contribution is -2.38. The molecule has 6 heteroatoms. The fourth-order valence-corrected chi connectivity index (χ4v) is 2.76. The molecule has 0 amide bonds. The van der Waals surface area contributed by atoms with E-state index in [-0.39, 0.29) is 5.97 Å². The third kappa shape index (κ3) is 2.91. The van der Waals surface area contributed by atoms with Crippen LogP contribution in [0.4, 0.5) is 0 Å². The van der Waals surface area contributed by atoms with Gasteiger partial charge >= 0.3 is 5.97 Å².